The molecule has 0 amide bonds. The summed E-state index contributed by atoms with van der Waals surface area (Å²) in [5, 5.41) is 9.03. The van der Waals surface area contributed by atoms with E-state index in [1.54, 1.807) is 6.92 Å². The number of rotatable bonds is 15. The van der Waals surface area contributed by atoms with Gasteiger partial charge in [0, 0.05) is 6.42 Å². The van der Waals surface area contributed by atoms with Gasteiger partial charge in [-0.2, -0.15) is 0 Å². The number of allylic oxidation sites excluding steroid dienone is 1. The third kappa shape index (κ3) is 15.7. The Morgan fingerprint density at radius 2 is 1.48 bits per heavy atom. The molecule has 0 saturated heterocycles. The number of hydrogen-bond donors (Lipinski definition) is 1. The predicted octanol–water partition coefficient (Wildman–Crippen LogP) is 4.43. The molecule has 0 aromatic rings. The van der Waals surface area contributed by atoms with Gasteiger partial charge in [-0.15, -0.1) is 0 Å². The molecule has 0 aliphatic carbocycles. The molecule has 137 valence electrons. The Balaban J connectivity index is 3.32. The van der Waals surface area contributed by atoms with Gasteiger partial charge < -0.3 is 5.11 Å². The molecular weight excluding hydrogens is 343 g/mol. The van der Waals surface area contributed by atoms with Crippen LogP contribution >= 0.6 is 0 Å². The van der Waals surface area contributed by atoms with E-state index in [9.17, 15) is 13.5 Å². The SMILES string of the molecule is C=[C](C)[Co](=[O])[CH2]CCOC(=O)CCCCCCCCCC(=O)O. The van der Waals surface area contributed by atoms with Crippen LogP contribution in [0.5, 0.6) is 0 Å². The van der Waals surface area contributed by atoms with Gasteiger partial charge in [0.25, 0.3) is 0 Å². The number of esters is 1. The first kappa shape index (κ1) is 22.0. The Labute approximate surface area is 143 Å². The quantitative estimate of drug-likeness (QED) is 0.339. The zero-order valence-corrected chi connectivity index (χ0v) is 15.1. The first-order valence-corrected chi connectivity index (χ1v) is 9.91. The molecule has 23 heavy (non-hydrogen) atoms. The normalized spacial score (nSPS) is 11.1. The molecule has 0 spiro atoms. The zero-order valence-electron chi connectivity index (χ0n) is 14.1. The van der Waals surface area contributed by atoms with E-state index in [4.69, 9.17) is 9.84 Å². The van der Waals surface area contributed by atoms with Crippen molar-refractivity contribution in [1.82, 2.24) is 0 Å². The summed E-state index contributed by atoms with van der Waals surface area (Å²) in [4.78, 5) is 21.8. The van der Waals surface area contributed by atoms with Crippen LogP contribution in [-0.2, 0) is 31.8 Å². The number of carbonyl (C=O) groups excluding carboxylic acids is 1. The van der Waals surface area contributed by atoms with Gasteiger partial charge in [0.2, 0.25) is 0 Å². The molecule has 1 N–H and O–H groups in total. The zero-order chi connectivity index (χ0) is 17.5. The van der Waals surface area contributed by atoms with Crippen LogP contribution in [0.1, 0.15) is 71.1 Å². The number of ether oxygens (including phenoxy) is 1. The van der Waals surface area contributed by atoms with Crippen molar-refractivity contribution in [3.05, 3.63) is 11.1 Å². The smallest absolute Gasteiger partial charge is 0.481 e. The monoisotopic (exact) mass is 373 g/mol. The summed E-state index contributed by atoms with van der Waals surface area (Å²) in [5.41, 5.74) is 0. The second kappa shape index (κ2) is 14.6. The molecule has 0 radical (unpaired) electrons. The van der Waals surface area contributed by atoms with Crippen molar-refractivity contribution in [2.75, 3.05) is 6.61 Å². The number of carboxylic acids is 1. The molecule has 6 heteroatoms. The van der Waals surface area contributed by atoms with Crippen molar-refractivity contribution in [3.8, 4) is 0 Å². The Morgan fingerprint density at radius 3 is 2.00 bits per heavy atom. The van der Waals surface area contributed by atoms with Crippen molar-refractivity contribution in [1.29, 1.82) is 0 Å². The van der Waals surface area contributed by atoms with Crippen LogP contribution in [0.4, 0.5) is 0 Å². The number of hydrogen-bond acceptors (Lipinski definition) is 4. The minimum absolute atomic E-state index is 0.184. The van der Waals surface area contributed by atoms with Crippen LogP contribution in [0.3, 0.4) is 0 Å². The van der Waals surface area contributed by atoms with Gasteiger partial charge in [0.15, 0.2) is 0 Å². The number of carboxylic acid groups (broad SMARTS) is 1. The Hall–Kier alpha value is -1.01. The van der Waals surface area contributed by atoms with Gasteiger partial charge in [-0.1, -0.05) is 0 Å². The average Bonchev–Trinajstić information content (AvgIpc) is 2.49. The summed E-state index contributed by atoms with van der Waals surface area (Å²) in [6.45, 7) is 5.71. The van der Waals surface area contributed by atoms with Gasteiger partial charge >= 0.3 is 120 Å². The Kier molecular flexibility index (Phi) is 13.9. The van der Waals surface area contributed by atoms with Crippen LogP contribution in [0, 0.1) is 0 Å². The summed E-state index contributed by atoms with van der Waals surface area (Å²) in [7, 11) is 0. The van der Waals surface area contributed by atoms with Gasteiger partial charge in [-0.05, 0) is 6.42 Å². The van der Waals surface area contributed by atoms with Crippen LogP contribution in [-0.4, -0.2) is 23.7 Å². The van der Waals surface area contributed by atoms with Gasteiger partial charge in [0.05, 0.1) is 0 Å². The summed E-state index contributed by atoms with van der Waals surface area (Å²) < 4.78 is 17.2. The molecule has 0 aliphatic heterocycles. The molecule has 0 unspecified atom stereocenters. The standard InChI is InChI=1S/C14H25O4.C3H5.Co.O/c1-2-12-18-14(17)11-9-7-5-3-4-6-8-10-13(15)16;1-3-2;;/h1-12H2,(H,15,16);1H2,2H3;;. The minimum atomic E-state index is -1.34. The molecule has 0 aromatic carbocycles. The molecule has 5 nitrogen and oxygen atoms in total. The molecule has 0 saturated carbocycles. The van der Waals surface area contributed by atoms with Crippen molar-refractivity contribution in [2.45, 2.75) is 76.5 Å². The van der Waals surface area contributed by atoms with E-state index in [1.165, 1.54) is 0 Å². The van der Waals surface area contributed by atoms with Crippen molar-refractivity contribution >= 4 is 11.9 Å². The van der Waals surface area contributed by atoms with Gasteiger partial charge in [0.1, 0.15) is 0 Å². The number of unbranched alkanes of at least 4 members (excludes halogenated alkanes) is 6. The topological polar surface area (TPSA) is 80.7 Å². The van der Waals surface area contributed by atoms with Crippen LogP contribution in [0.15, 0.2) is 11.1 Å². The fourth-order valence-corrected chi connectivity index (χ4v) is 2.91. The van der Waals surface area contributed by atoms with E-state index in [-0.39, 0.29) is 12.4 Å². The van der Waals surface area contributed by atoms with E-state index < -0.39 is 19.6 Å². The summed E-state index contributed by atoms with van der Waals surface area (Å²) in [6, 6.07) is 0. The Bertz CT molecular complexity index is 392. The van der Waals surface area contributed by atoms with E-state index in [0.717, 1.165) is 44.9 Å². The predicted molar refractivity (Wildman–Crippen MR) is 85.1 cm³/mol. The van der Waals surface area contributed by atoms with Crippen molar-refractivity contribution in [3.63, 3.8) is 0 Å². The number of aliphatic carboxylic acids is 1. The maximum absolute atomic E-state index is 11.5. The van der Waals surface area contributed by atoms with Crippen molar-refractivity contribution < 1.29 is 36.9 Å². The van der Waals surface area contributed by atoms with E-state index in [0.29, 0.717) is 29.3 Å². The first-order chi connectivity index (χ1) is 10.9. The third-order valence-corrected chi connectivity index (χ3v) is 5.10. The van der Waals surface area contributed by atoms with E-state index >= 15 is 0 Å². The van der Waals surface area contributed by atoms with Gasteiger partial charge in [-0.25, -0.2) is 0 Å². The van der Waals surface area contributed by atoms with Crippen LogP contribution < -0.4 is 0 Å². The third-order valence-electron chi connectivity index (χ3n) is 3.27. The summed E-state index contributed by atoms with van der Waals surface area (Å²) >= 11 is -1.34. The molecule has 0 fully saturated rings. The molecular formula is C17H30CoO5. The summed E-state index contributed by atoms with van der Waals surface area (Å²) in [5.74, 6) is -0.910. The number of carbonyl (C=O) groups is 2. The second-order valence-corrected chi connectivity index (χ2v) is 7.82. The van der Waals surface area contributed by atoms with Crippen LogP contribution in [0.2, 0.25) is 5.36 Å². The average molecular weight is 373 g/mol. The Morgan fingerprint density at radius 1 is 0.957 bits per heavy atom. The molecule has 0 heterocycles. The molecule has 0 atom stereocenters. The van der Waals surface area contributed by atoms with Crippen LogP contribution in [0.25, 0.3) is 0 Å². The maximum atomic E-state index is 11.5. The fraction of sp³-hybridized carbons (Fsp3) is 0.765. The van der Waals surface area contributed by atoms with E-state index in [2.05, 4.69) is 6.58 Å². The first-order valence-electron chi connectivity index (χ1n) is 8.22. The minimum Gasteiger partial charge on any atom is -0.481 e. The summed E-state index contributed by atoms with van der Waals surface area (Å²) in [6.07, 6.45) is 8.05. The fourth-order valence-electron chi connectivity index (χ4n) is 1.99. The van der Waals surface area contributed by atoms with Crippen molar-refractivity contribution in [2.24, 2.45) is 0 Å². The molecule has 0 rings (SSSR count). The molecule has 0 aromatic heterocycles. The van der Waals surface area contributed by atoms with Gasteiger partial charge in [-0.3, -0.25) is 4.79 Å². The molecule has 0 aliphatic rings. The van der Waals surface area contributed by atoms with E-state index in [1.807, 2.05) is 0 Å². The second-order valence-electron chi connectivity index (χ2n) is 5.53. The molecule has 0 bridgehead atoms.